The van der Waals surface area contributed by atoms with Crippen LogP contribution in [0.5, 0.6) is 5.88 Å². The van der Waals surface area contributed by atoms with E-state index in [0.717, 1.165) is 16.9 Å². The lowest BCUT2D eigenvalue weighted by Gasteiger charge is -2.30. The molecule has 0 amide bonds. The third kappa shape index (κ3) is 5.47. The minimum atomic E-state index is -3.27. The number of ether oxygens (including phenoxy) is 2. The summed E-state index contributed by atoms with van der Waals surface area (Å²) in [7, 11) is 0.706. The summed E-state index contributed by atoms with van der Waals surface area (Å²) in [6.07, 6.45) is 4.02. The van der Waals surface area contributed by atoms with Gasteiger partial charge >= 0.3 is 0 Å². The maximum atomic E-state index is 11.8. The van der Waals surface area contributed by atoms with Gasteiger partial charge in [0.25, 0.3) is 0 Å². The van der Waals surface area contributed by atoms with Gasteiger partial charge in [-0.3, -0.25) is 4.98 Å². The van der Waals surface area contributed by atoms with E-state index in [4.69, 9.17) is 9.47 Å². The van der Waals surface area contributed by atoms with Crippen molar-refractivity contribution >= 4 is 40.2 Å². The number of sulfonamides is 1. The average Bonchev–Trinajstić information content (AvgIpc) is 2.77. The van der Waals surface area contributed by atoms with Gasteiger partial charge in [-0.2, -0.15) is 17.8 Å². The normalized spacial score (nSPS) is 17.0. The molecule has 0 aliphatic carbocycles. The molecular weight excluding hydrogens is 450 g/mol. The Labute approximate surface area is 194 Å². The van der Waals surface area contributed by atoms with E-state index < -0.39 is 10.0 Å². The number of fused-ring (bicyclic) bond motifs is 1. The van der Waals surface area contributed by atoms with E-state index in [2.05, 4.69) is 15.0 Å². The second-order valence-corrected chi connectivity index (χ2v) is 9.59. The summed E-state index contributed by atoms with van der Waals surface area (Å²) in [5, 5.41) is 0. The van der Waals surface area contributed by atoms with Crippen LogP contribution in [-0.2, 0) is 14.8 Å². The predicted molar refractivity (Wildman–Crippen MR) is 129 cm³/mol. The number of pyridine rings is 1. The van der Waals surface area contributed by atoms with Gasteiger partial charge in [-0.05, 0) is 18.2 Å². The molecule has 172 valence electrons. The molecule has 0 spiro atoms. The van der Waals surface area contributed by atoms with Crippen LogP contribution in [0.4, 0.5) is 5.69 Å². The highest BCUT2D eigenvalue weighted by atomic mass is 32.2. The highest BCUT2D eigenvalue weighted by molar-refractivity contribution is 7.88. The Morgan fingerprint density at radius 3 is 2.59 bits per heavy atom. The number of anilines is 1. The monoisotopic (exact) mass is 477 g/mol. The highest BCUT2D eigenvalue weighted by Gasteiger charge is 2.27. The molecule has 3 aromatic rings. The van der Waals surface area contributed by atoms with E-state index >= 15 is 0 Å². The number of hydrogen-bond acceptors (Lipinski definition) is 8. The van der Waals surface area contributed by atoms with E-state index in [-0.39, 0.29) is 32.8 Å². The fourth-order valence-electron chi connectivity index (χ4n) is 3.39. The third-order valence-corrected chi connectivity index (χ3v) is 6.35. The van der Waals surface area contributed by atoms with Crippen LogP contribution in [0.3, 0.4) is 0 Å². The summed E-state index contributed by atoms with van der Waals surface area (Å²) in [5.41, 5.74) is 3.95. The van der Waals surface area contributed by atoms with Crippen LogP contribution in [0.2, 0.25) is 0 Å². The molecule has 0 unspecified atom stereocenters. The average molecular weight is 478 g/mol. The first kappa shape index (κ1) is 24.2. The molecule has 4 rings (SSSR count). The van der Waals surface area contributed by atoms with Crippen molar-refractivity contribution in [1.29, 1.82) is 0 Å². The second kappa shape index (κ2) is 9.99. The molecule has 0 saturated carbocycles. The standard InChI is InChI=1S/C21H25N5O4S.H2S/c1-25(2)16-6-4-15(5-7-16)18-12-19-20(23-9-8-22-19)21(24-18)30-14-17-13-26(10-11-29-17)31(3,27)28;/h4-9,12,17H,10-11,13-14H2,1-3H3;1H2/t17-;/m0./s1. The molecular formula is C21H27N5O4S2. The van der Waals surface area contributed by atoms with Crippen molar-refractivity contribution in [1.82, 2.24) is 19.3 Å². The van der Waals surface area contributed by atoms with Gasteiger partial charge in [0, 0.05) is 50.8 Å². The summed E-state index contributed by atoms with van der Waals surface area (Å²) in [4.78, 5) is 15.5. The van der Waals surface area contributed by atoms with Crippen LogP contribution >= 0.6 is 13.5 Å². The lowest BCUT2D eigenvalue weighted by Crippen LogP contribution is -2.47. The number of rotatable bonds is 6. The van der Waals surface area contributed by atoms with Gasteiger partial charge in [0.15, 0.2) is 5.52 Å². The summed E-state index contributed by atoms with van der Waals surface area (Å²) >= 11 is 0. The van der Waals surface area contributed by atoms with Gasteiger partial charge in [-0.15, -0.1) is 0 Å². The summed E-state index contributed by atoms with van der Waals surface area (Å²) < 4.78 is 36.8. The molecule has 9 nitrogen and oxygen atoms in total. The third-order valence-electron chi connectivity index (χ3n) is 5.08. The molecule has 11 heteroatoms. The maximum Gasteiger partial charge on any atom is 0.242 e. The van der Waals surface area contributed by atoms with E-state index in [9.17, 15) is 8.42 Å². The Hall–Kier alpha value is -2.47. The highest BCUT2D eigenvalue weighted by Crippen LogP contribution is 2.28. The van der Waals surface area contributed by atoms with Gasteiger partial charge in [0.1, 0.15) is 12.7 Å². The second-order valence-electron chi connectivity index (χ2n) is 7.60. The van der Waals surface area contributed by atoms with Crippen molar-refractivity contribution in [2.45, 2.75) is 6.10 Å². The molecule has 32 heavy (non-hydrogen) atoms. The number of nitrogens with zero attached hydrogens (tertiary/aromatic N) is 5. The molecule has 1 atom stereocenters. The summed E-state index contributed by atoms with van der Waals surface area (Å²) in [6, 6.07) is 9.92. The lowest BCUT2D eigenvalue weighted by molar-refractivity contribution is -0.0252. The van der Waals surface area contributed by atoms with Gasteiger partial charge in [-0.25, -0.2) is 18.4 Å². The van der Waals surface area contributed by atoms with Gasteiger partial charge in [0.05, 0.1) is 24.1 Å². The molecule has 1 aliphatic heterocycles. The molecule has 0 bridgehead atoms. The van der Waals surface area contributed by atoms with Crippen LogP contribution in [0, 0.1) is 0 Å². The Bertz CT molecular complexity index is 1170. The Morgan fingerprint density at radius 2 is 1.91 bits per heavy atom. The Morgan fingerprint density at radius 1 is 1.19 bits per heavy atom. The zero-order valence-corrected chi connectivity index (χ0v) is 20.0. The number of aromatic nitrogens is 3. The first-order valence-electron chi connectivity index (χ1n) is 9.90. The molecule has 1 saturated heterocycles. The van der Waals surface area contributed by atoms with Crippen molar-refractivity contribution in [2.24, 2.45) is 0 Å². The smallest absolute Gasteiger partial charge is 0.242 e. The summed E-state index contributed by atoms with van der Waals surface area (Å²) in [6.45, 7) is 1.08. The molecule has 0 N–H and O–H groups in total. The first-order valence-corrected chi connectivity index (χ1v) is 11.7. The van der Waals surface area contributed by atoms with Crippen molar-refractivity contribution in [3.63, 3.8) is 0 Å². The lowest BCUT2D eigenvalue weighted by atomic mass is 10.1. The molecule has 3 heterocycles. The maximum absolute atomic E-state index is 11.8. The largest absolute Gasteiger partial charge is 0.473 e. The molecule has 2 aromatic heterocycles. The fraction of sp³-hybridized carbons (Fsp3) is 0.381. The van der Waals surface area contributed by atoms with Crippen LogP contribution in [-0.4, -0.2) is 80.4 Å². The first-order chi connectivity index (χ1) is 14.8. The predicted octanol–water partition coefficient (Wildman–Crippen LogP) is 1.91. The van der Waals surface area contributed by atoms with Crippen LogP contribution in [0.1, 0.15) is 0 Å². The SMILES string of the molecule is CN(C)c1ccc(-c2cc3nccnc3c(OC[C@@H]3CN(S(C)(=O)=O)CCO3)n2)cc1.S. The number of benzene rings is 1. The van der Waals surface area contributed by atoms with Gasteiger partial charge in [0.2, 0.25) is 15.9 Å². The van der Waals surface area contributed by atoms with Crippen molar-refractivity contribution < 1.29 is 17.9 Å². The minimum Gasteiger partial charge on any atom is -0.473 e. The van der Waals surface area contributed by atoms with Crippen molar-refractivity contribution in [3.05, 3.63) is 42.7 Å². The Kier molecular flexibility index (Phi) is 7.55. The topological polar surface area (TPSA) is 97.8 Å². The number of morpholine rings is 1. The van der Waals surface area contributed by atoms with E-state index in [0.29, 0.717) is 30.1 Å². The van der Waals surface area contributed by atoms with Crippen LogP contribution < -0.4 is 9.64 Å². The van der Waals surface area contributed by atoms with Crippen LogP contribution in [0.15, 0.2) is 42.7 Å². The Balaban J connectivity index is 0.00000289. The van der Waals surface area contributed by atoms with Gasteiger partial charge < -0.3 is 14.4 Å². The fourth-order valence-corrected chi connectivity index (χ4v) is 4.23. The summed E-state index contributed by atoms with van der Waals surface area (Å²) in [5.74, 6) is 0.345. The molecule has 1 fully saturated rings. The molecule has 1 aromatic carbocycles. The van der Waals surface area contributed by atoms with E-state index in [1.807, 2.05) is 49.3 Å². The van der Waals surface area contributed by atoms with Gasteiger partial charge in [-0.1, -0.05) is 12.1 Å². The molecule has 1 aliphatic rings. The van der Waals surface area contributed by atoms with Crippen molar-refractivity contribution in [3.8, 4) is 17.1 Å². The number of hydrogen-bond donors (Lipinski definition) is 0. The minimum absolute atomic E-state index is 0. The van der Waals surface area contributed by atoms with E-state index in [1.54, 1.807) is 12.4 Å². The zero-order chi connectivity index (χ0) is 22.0. The van der Waals surface area contributed by atoms with Crippen LogP contribution in [0.25, 0.3) is 22.3 Å². The molecule has 0 radical (unpaired) electrons. The quantitative estimate of drug-likeness (QED) is 0.531. The van der Waals surface area contributed by atoms with Crippen molar-refractivity contribution in [2.75, 3.05) is 51.6 Å². The zero-order valence-electron chi connectivity index (χ0n) is 18.2. The van der Waals surface area contributed by atoms with E-state index in [1.165, 1.54) is 10.6 Å².